The molecule has 0 radical (unpaired) electrons. The van der Waals surface area contributed by atoms with Crippen LogP contribution in [0.15, 0.2) is 30.3 Å². The average Bonchev–Trinajstić information content (AvgIpc) is 2.61. The van der Waals surface area contributed by atoms with Crippen LogP contribution in [0.1, 0.15) is 69.8 Å². The molecule has 0 aromatic heterocycles. The quantitative estimate of drug-likeness (QED) is 0.652. The van der Waals surface area contributed by atoms with Crippen LogP contribution in [-0.4, -0.2) is 9.76 Å². The second-order valence-corrected chi connectivity index (χ2v) is 9.15. The summed E-state index contributed by atoms with van der Waals surface area (Å²) in [7, 11) is -0.408. The number of benzene rings is 1. The van der Waals surface area contributed by atoms with Crippen LogP contribution in [0.5, 0.6) is 0 Å². The number of rotatable bonds is 6. The Bertz CT molecular complexity index is 389. The zero-order valence-corrected chi connectivity index (χ0v) is 15.4. The standard InChI is InChI=1S/C20H32OSi/c1-4-10-17(11-5-1)16-21-22-20(18-12-6-2-7-13-18)19-14-8-3-9-15-19/h1,4-5,10-11,18-20H,2-3,6-9,12-16,22H2. The highest BCUT2D eigenvalue weighted by Gasteiger charge is 2.31. The van der Waals surface area contributed by atoms with Gasteiger partial charge in [0.05, 0.1) is 6.61 Å². The summed E-state index contributed by atoms with van der Waals surface area (Å²) in [5, 5.41) is 0. The Morgan fingerprint density at radius 2 is 1.36 bits per heavy atom. The normalized spacial score (nSPS) is 21.9. The highest BCUT2D eigenvalue weighted by molar-refractivity contribution is 6.29. The molecule has 0 saturated heterocycles. The van der Waals surface area contributed by atoms with Crippen molar-refractivity contribution in [2.75, 3.05) is 0 Å². The fraction of sp³-hybridized carbons (Fsp3) is 0.700. The topological polar surface area (TPSA) is 9.23 Å². The molecule has 2 aliphatic rings. The first-order valence-electron chi connectivity index (χ1n) is 9.55. The van der Waals surface area contributed by atoms with Gasteiger partial charge in [0.1, 0.15) is 0 Å². The SMILES string of the molecule is c1ccc(CO[SiH2]C(C2CCCCC2)C2CCCCC2)cc1. The molecule has 2 aliphatic carbocycles. The molecule has 2 saturated carbocycles. The lowest BCUT2D eigenvalue weighted by molar-refractivity contribution is 0.217. The van der Waals surface area contributed by atoms with Crippen LogP contribution in [0.3, 0.4) is 0 Å². The zero-order valence-electron chi connectivity index (χ0n) is 14.0. The van der Waals surface area contributed by atoms with E-state index in [1.807, 2.05) is 0 Å². The first kappa shape index (κ1) is 16.3. The summed E-state index contributed by atoms with van der Waals surface area (Å²) in [6.07, 6.45) is 14.8. The summed E-state index contributed by atoms with van der Waals surface area (Å²) in [5.74, 6) is 2.00. The van der Waals surface area contributed by atoms with E-state index in [0.29, 0.717) is 0 Å². The summed E-state index contributed by atoms with van der Waals surface area (Å²) in [6, 6.07) is 10.7. The zero-order chi connectivity index (χ0) is 15.0. The number of hydrogen-bond acceptors (Lipinski definition) is 1. The van der Waals surface area contributed by atoms with Gasteiger partial charge in [-0.2, -0.15) is 0 Å². The Morgan fingerprint density at radius 3 is 1.91 bits per heavy atom. The molecule has 2 fully saturated rings. The molecule has 0 aliphatic heterocycles. The summed E-state index contributed by atoms with van der Waals surface area (Å²) >= 11 is 0. The lowest BCUT2D eigenvalue weighted by Crippen LogP contribution is -2.28. The van der Waals surface area contributed by atoms with Crippen molar-refractivity contribution in [2.24, 2.45) is 11.8 Å². The monoisotopic (exact) mass is 316 g/mol. The van der Waals surface area contributed by atoms with E-state index in [9.17, 15) is 0 Å². The van der Waals surface area contributed by atoms with Crippen molar-refractivity contribution in [1.29, 1.82) is 0 Å². The van der Waals surface area contributed by atoms with Gasteiger partial charge in [0, 0.05) is 0 Å². The maximum atomic E-state index is 6.33. The van der Waals surface area contributed by atoms with Crippen LogP contribution in [0.25, 0.3) is 0 Å². The van der Waals surface area contributed by atoms with Gasteiger partial charge >= 0.3 is 0 Å². The van der Waals surface area contributed by atoms with Crippen molar-refractivity contribution < 1.29 is 4.43 Å². The van der Waals surface area contributed by atoms with Crippen LogP contribution in [0.4, 0.5) is 0 Å². The Balaban J connectivity index is 1.55. The van der Waals surface area contributed by atoms with Gasteiger partial charge in [-0.25, -0.2) is 0 Å². The van der Waals surface area contributed by atoms with Crippen molar-refractivity contribution in [3.05, 3.63) is 35.9 Å². The van der Waals surface area contributed by atoms with Gasteiger partial charge in [-0.15, -0.1) is 0 Å². The Hall–Kier alpha value is -0.603. The van der Waals surface area contributed by atoms with Crippen molar-refractivity contribution in [3.63, 3.8) is 0 Å². The van der Waals surface area contributed by atoms with Crippen LogP contribution in [0, 0.1) is 11.8 Å². The summed E-state index contributed by atoms with van der Waals surface area (Å²) < 4.78 is 6.33. The molecule has 1 nitrogen and oxygen atoms in total. The Labute approximate surface area is 138 Å². The van der Waals surface area contributed by atoms with E-state index in [4.69, 9.17) is 4.43 Å². The van der Waals surface area contributed by atoms with E-state index in [1.165, 1.54) is 69.8 Å². The molecule has 122 valence electrons. The molecule has 0 N–H and O–H groups in total. The van der Waals surface area contributed by atoms with Crippen molar-refractivity contribution in [1.82, 2.24) is 0 Å². The van der Waals surface area contributed by atoms with E-state index in [-0.39, 0.29) is 0 Å². The predicted molar refractivity (Wildman–Crippen MR) is 96.7 cm³/mol. The van der Waals surface area contributed by atoms with Gasteiger partial charge in [0.15, 0.2) is 9.76 Å². The molecular weight excluding hydrogens is 284 g/mol. The predicted octanol–water partition coefficient (Wildman–Crippen LogP) is 5.24. The van der Waals surface area contributed by atoms with Gasteiger partial charge in [-0.1, -0.05) is 94.5 Å². The molecule has 1 aromatic carbocycles. The summed E-state index contributed by atoms with van der Waals surface area (Å²) in [4.78, 5) is 0. The second kappa shape index (κ2) is 8.88. The van der Waals surface area contributed by atoms with Gasteiger partial charge in [-0.05, 0) is 22.9 Å². The Kier molecular flexibility index (Phi) is 6.56. The molecule has 0 atom stereocenters. The van der Waals surface area contributed by atoms with Crippen LogP contribution in [-0.2, 0) is 11.0 Å². The highest BCUT2D eigenvalue weighted by Crippen LogP contribution is 2.43. The van der Waals surface area contributed by atoms with Gasteiger partial charge in [0.25, 0.3) is 0 Å². The fourth-order valence-electron chi connectivity index (χ4n) is 4.67. The maximum absolute atomic E-state index is 6.33. The summed E-state index contributed by atoms with van der Waals surface area (Å²) in [5.41, 5.74) is 2.31. The molecule has 22 heavy (non-hydrogen) atoms. The molecule has 0 heterocycles. The summed E-state index contributed by atoms with van der Waals surface area (Å²) in [6.45, 7) is 0.850. The largest absolute Gasteiger partial charge is 0.419 e. The van der Waals surface area contributed by atoms with E-state index in [1.54, 1.807) is 0 Å². The van der Waals surface area contributed by atoms with Gasteiger partial charge in [0.2, 0.25) is 0 Å². The average molecular weight is 317 g/mol. The van der Waals surface area contributed by atoms with Crippen molar-refractivity contribution in [3.8, 4) is 0 Å². The molecule has 0 amide bonds. The molecule has 0 spiro atoms. The van der Waals surface area contributed by atoms with Gasteiger partial charge < -0.3 is 4.43 Å². The Morgan fingerprint density at radius 1 is 0.818 bits per heavy atom. The minimum Gasteiger partial charge on any atom is -0.419 e. The van der Waals surface area contributed by atoms with E-state index < -0.39 is 9.76 Å². The highest BCUT2D eigenvalue weighted by atomic mass is 28.2. The third kappa shape index (κ3) is 4.69. The van der Waals surface area contributed by atoms with Crippen LogP contribution >= 0.6 is 0 Å². The molecule has 0 unspecified atom stereocenters. The molecule has 1 aromatic rings. The van der Waals surface area contributed by atoms with Crippen LogP contribution in [0.2, 0.25) is 5.54 Å². The van der Waals surface area contributed by atoms with Crippen molar-refractivity contribution >= 4 is 9.76 Å². The lowest BCUT2D eigenvalue weighted by Gasteiger charge is -2.37. The van der Waals surface area contributed by atoms with Crippen LogP contribution < -0.4 is 0 Å². The minimum absolute atomic E-state index is 0.408. The lowest BCUT2D eigenvalue weighted by atomic mass is 9.77. The van der Waals surface area contributed by atoms with E-state index in [2.05, 4.69) is 30.3 Å². The first-order valence-corrected chi connectivity index (χ1v) is 10.9. The maximum Gasteiger partial charge on any atom is 0.165 e. The molecule has 3 rings (SSSR count). The minimum atomic E-state index is -0.408. The third-order valence-electron chi connectivity index (χ3n) is 5.93. The fourth-order valence-corrected chi connectivity index (χ4v) is 6.78. The molecular formula is C20H32OSi. The number of hydrogen-bond donors (Lipinski definition) is 0. The third-order valence-corrected chi connectivity index (χ3v) is 8.09. The van der Waals surface area contributed by atoms with Crippen molar-refractivity contribution in [2.45, 2.75) is 76.4 Å². The smallest absolute Gasteiger partial charge is 0.165 e. The molecule has 2 heteroatoms. The second-order valence-electron chi connectivity index (χ2n) is 7.46. The van der Waals surface area contributed by atoms with Gasteiger partial charge in [-0.3, -0.25) is 0 Å². The molecule has 0 bridgehead atoms. The van der Waals surface area contributed by atoms with E-state index in [0.717, 1.165) is 24.0 Å². The first-order chi connectivity index (χ1) is 10.9. The van der Waals surface area contributed by atoms with E-state index >= 15 is 0 Å².